The zero-order chi connectivity index (χ0) is 14.1. The van der Waals surface area contributed by atoms with Crippen molar-refractivity contribution in [3.8, 4) is 0 Å². The molecular formula is C18H27N3. The maximum absolute atomic E-state index is 4.77. The zero-order valence-corrected chi connectivity index (χ0v) is 12.9. The lowest BCUT2D eigenvalue weighted by atomic mass is 9.96. The highest BCUT2D eigenvalue weighted by Crippen LogP contribution is 2.38. The van der Waals surface area contributed by atoms with Gasteiger partial charge in [-0.1, -0.05) is 18.9 Å². The second kappa shape index (κ2) is 5.96. The minimum Gasteiger partial charge on any atom is -0.353 e. The number of aromatic nitrogens is 1. The Morgan fingerprint density at radius 3 is 2.76 bits per heavy atom. The van der Waals surface area contributed by atoms with Crippen LogP contribution < -0.4 is 10.2 Å². The van der Waals surface area contributed by atoms with Crippen molar-refractivity contribution in [2.45, 2.75) is 70.0 Å². The topological polar surface area (TPSA) is 28.2 Å². The van der Waals surface area contributed by atoms with Gasteiger partial charge < -0.3 is 10.2 Å². The minimum atomic E-state index is 0.752. The van der Waals surface area contributed by atoms with Crippen LogP contribution in [0.1, 0.15) is 56.9 Å². The molecule has 2 aliphatic carbocycles. The van der Waals surface area contributed by atoms with E-state index in [4.69, 9.17) is 4.98 Å². The van der Waals surface area contributed by atoms with E-state index in [2.05, 4.69) is 22.3 Å². The molecule has 1 N–H and O–H groups in total. The SMILES string of the molecule is c1cnc(N2CCCC2C2CCCC2)c(CNC2CC2)c1. The molecule has 1 atom stereocenters. The van der Waals surface area contributed by atoms with E-state index in [1.165, 1.54) is 69.3 Å². The maximum Gasteiger partial charge on any atom is 0.133 e. The fraction of sp³-hybridized carbons (Fsp3) is 0.722. The van der Waals surface area contributed by atoms with Gasteiger partial charge in [-0.2, -0.15) is 0 Å². The second-order valence-electron chi connectivity index (χ2n) is 7.09. The summed E-state index contributed by atoms with van der Waals surface area (Å²) in [5.74, 6) is 2.18. The quantitative estimate of drug-likeness (QED) is 0.897. The van der Waals surface area contributed by atoms with Gasteiger partial charge in [-0.3, -0.25) is 0 Å². The molecule has 0 radical (unpaired) electrons. The van der Waals surface area contributed by atoms with Gasteiger partial charge in [0.15, 0.2) is 0 Å². The van der Waals surface area contributed by atoms with Crippen LogP contribution in [0, 0.1) is 5.92 Å². The summed E-state index contributed by atoms with van der Waals surface area (Å²) in [4.78, 5) is 7.41. The van der Waals surface area contributed by atoms with Crippen molar-refractivity contribution in [2.24, 2.45) is 5.92 Å². The average Bonchev–Trinajstić information content (AvgIpc) is 3.01. The molecule has 21 heavy (non-hydrogen) atoms. The van der Waals surface area contributed by atoms with E-state index in [0.717, 1.165) is 24.5 Å². The van der Waals surface area contributed by atoms with E-state index >= 15 is 0 Å². The van der Waals surface area contributed by atoms with Gasteiger partial charge in [-0.05, 0) is 50.5 Å². The summed E-state index contributed by atoms with van der Waals surface area (Å²) >= 11 is 0. The first-order valence-corrected chi connectivity index (χ1v) is 8.86. The van der Waals surface area contributed by atoms with Crippen molar-refractivity contribution >= 4 is 5.82 Å². The molecule has 3 heteroatoms. The number of pyridine rings is 1. The van der Waals surface area contributed by atoms with Crippen LogP contribution in [0.5, 0.6) is 0 Å². The van der Waals surface area contributed by atoms with Crippen LogP contribution in [-0.2, 0) is 6.54 Å². The molecule has 1 saturated heterocycles. The molecule has 0 aromatic carbocycles. The first kappa shape index (κ1) is 13.6. The largest absolute Gasteiger partial charge is 0.353 e. The summed E-state index contributed by atoms with van der Waals surface area (Å²) < 4.78 is 0. The molecule has 3 nitrogen and oxygen atoms in total. The van der Waals surface area contributed by atoms with E-state index in [1.807, 2.05) is 6.20 Å². The van der Waals surface area contributed by atoms with Crippen molar-refractivity contribution in [1.82, 2.24) is 10.3 Å². The van der Waals surface area contributed by atoms with Crippen molar-refractivity contribution in [2.75, 3.05) is 11.4 Å². The predicted molar refractivity (Wildman–Crippen MR) is 86.4 cm³/mol. The molecule has 1 aromatic rings. The third-order valence-corrected chi connectivity index (χ3v) is 5.54. The number of nitrogens with zero attached hydrogens (tertiary/aromatic N) is 2. The molecule has 4 rings (SSSR count). The fourth-order valence-corrected chi connectivity index (χ4v) is 4.26. The Hall–Kier alpha value is -1.09. The standard InChI is InChI=1S/C18H27N3/c1-2-6-14(5-1)17-8-4-12-21(17)18-15(7-3-11-19-18)13-20-16-9-10-16/h3,7,11,14,16-17,20H,1-2,4-6,8-10,12-13H2. The summed E-state index contributed by atoms with van der Waals surface area (Å²) in [6.07, 6.45) is 13.1. The van der Waals surface area contributed by atoms with Crippen molar-refractivity contribution in [1.29, 1.82) is 0 Å². The summed E-state index contributed by atoms with van der Waals surface area (Å²) in [5, 5.41) is 3.65. The number of hydrogen-bond donors (Lipinski definition) is 1. The third-order valence-electron chi connectivity index (χ3n) is 5.54. The lowest BCUT2D eigenvalue weighted by Crippen LogP contribution is -2.36. The van der Waals surface area contributed by atoms with Crippen LogP contribution >= 0.6 is 0 Å². The minimum absolute atomic E-state index is 0.752. The molecule has 1 aliphatic heterocycles. The highest BCUT2D eigenvalue weighted by Gasteiger charge is 2.34. The maximum atomic E-state index is 4.77. The Morgan fingerprint density at radius 2 is 1.95 bits per heavy atom. The molecule has 1 unspecified atom stereocenters. The van der Waals surface area contributed by atoms with E-state index in [0.29, 0.717) is 0 Å². The Labute approximate surface area is 128 Å². The Kier molecular flexibility index (Phi) is 3.85. The molecule has 0 bridgehead atoms. The molecule has 2 heterocycles. The zero-order valence-electron chi connectivity index (χ0n) is 12.9. The molecule has 1 aromatic heterocycles. The lowest BCUT2D eigenvalue weighted by Gasteiger charge is -2.31. The van der Waals surface area contributed by atoms with Crippen LogP contribution in [-0.4, -0.2) is 23.6 Å². The van der Waals surface area contributed by atoms with E-state index in [1.54, 1.807) is 0 Å². The highest BCUT2D eigenvalue weighted by atomic mass is 15.2. The van der Waals surface area contributed by atoms with Gasteiger partial charge in [-0.15, -0.1) is 0 Å². The number of rotatable bonds is 5. The number of nitrogens with one attached hydrogen (secondary N) is 1. The predicted octanol–water partition coefficient (Wildman–Crippen LogP) is 3.49. The van der Waals surface area contributed by atoms with Gasteiger partial charge >= 0.3 is 0 Å². The van der Waals surface area contributed by atoms with Crippen LogP contribution in [0.3, 0.4) is 0 Å². The van der Waals surface area contributed by atoms with E-state index in [-0.39, 0.29) is 0 Å². The Bertz CT molecular complexity index is 477. The summed E-state index contributed by atoms with van der Waals surface area (Å²) in [7, 11) is 0. The van der Waals surface area contributed by atoms with Gasteiger partial charge in [0.25, 0.3) is 0 Å². The van der Waals surface area contributed by atoms with E-state index in [9.17, 15) is 0 Å². The van der Waals surface area contributed by atoms with Crippen molar-refractivity contribution in [3.63, 3.8) is 0 Å². The Balaban J connectivity index is 1.53. The molecule has 3 fully saturated rings. The molecule has 114 valence electrons. The van der Waals surface area contributed by atoms with Crippen LogP contribution in [0.4, 0.5) is 5.82 Å². The normalized spacial score (nSPS) is 26.7. The van der Waals surface area contributed by atoms with Crippen molar-refractivity contribution < 1.29 is 0 Å². The average molecular weight is 285 g/mol. The van der Waals surface area contributed by atoms with Gasteiger partial charge in [-0.25, -0.2) is 4.98 Å². The molecule has 0 spiro atoms. The monoisotopic (exact) mass is 285 g/mol. The van der Waals surface area contributed by atoms with Crippen molar-refractivity contribution in [3.05, 3.63) is 23.9 Å². The fourth-order valence-electron chi connectivity index (χ4n) is 4.26. The van der Waals surface area contributed by atoms with Crippen LogP contribution in [0.25, 0.3) is 0 Å². The Morgan fingerprint density at radius 1 is 1.10 bits per heavy atom. The number of hydrogen-bond acceptors (Lipinski definition) is 3. The van der Waals surface area contributed by atoms with Gasteiger partial charge in [0.1, 0.15) is 5.82 Å². The van der Waals surface area contributed by atoms with Crippen LogP contribution in [0.2, 0.25) is 0 Å². The smallest absolute Gasteiger partial charge is 0.133 e. The molecule has 2 saturated carbocycles. The third kappa shape index (κ3) is 2.94. The van der Waals surface area contributed by atoms with Gasteiger partial charge in [0, 0.05) is 36.9 Å². The van der Waals surface area contributed by atoms with Gasteiger partial charge in [0.05, 0.1) is 0 Å². The second-order valence-corrected chi connectivity index (χ2v) is 7.09. The number of anilines is 1. The summed E-state index contributed by atoms with van der Waals surface area (Å²) in [5.41, 5.74) is 1.40. The van der Waals surface area contributed by atoms with Crippen LogP contribution in [0.15, 0.2) is 18.3 Å². The molecule has 3 aliphatic rings. The molecule has 0 amide bonds. The highest BCUT2D eigenvalue weighted by molar-refractivity contribution is 5.49. The van der Waals surface area contributed by atoms with E-state index < -0.39 is 0 Å². The van der Waals surface area contributed by atoms with Gasteiger partial charge in [0.2, 0.25) is 0 Å². The summed E-state index contributed by atoms with van der Waals surface area (Å²) in [6, 6.07) is 5.87. The lowest BCUT2D eigenvalue weighted by molar-refractivity contribution is 0.428. The first-order valence-electron chi connectivity index (χ1n) is 8.86. The summed E-state index contributed by atoms with van der Waals surface area (Å²) in [6.45, 7) is 2.19. The first-order chi connectivity index (χ1) is 10.4. The molecular weight excluding hydrogens is 258 g/mol.